The molecule has 0 radical (unpaired) electrons. The second-order valence-corrected chi connectivity index (χ2v) is 14.4. The summed E-state index contributed by atoms with van der Waals surface area (Å²) in [6.45, 7) is 33.6. The summed E-state index contributed by atoms with van der Waals surface area (Å²) in [4.78, 5) is 0. The van der Waals surface area contributed by atoms with Crippen LogP contribution in [0, 0.1) is 53.9 Å². The Balaban J connectivity index is 0. The van der Waals surface area contributed by atoms with Gasteiger partial charge in [-0.05, 0) is 48.0 Å². The SMILES string of the molecule is Cc1cc(C)cc([N-]C(C)(C)C)c1.Cc1cc(C)cc([N-]C(C)(C)C)c1.Cc1cc(C)cc([N-]C(C)(C)C)c1.[C-]#CCC.[Mo+4]. The predicted octanol–water partition coefficient (Wildman–Crippen LogP) is 13.3. The van der Waals surface area contributed by atoms with E-state index in [-0.39, 0.29) is 37.7 Å². The van der Waals surface area contributed by atoms with Crippen molar-refractivity contribution in [2.24, 2.45) is 0 Å². The first-order valence-corrected chi connectivity index (χ1v) is 15.3. The Morgan fingerprint density at radius 2 is 0.614 bits per heavy atom. The third kappa shape index (κ3) is 23.7. The van der Waals surface area contributed by atoms with Crippen LogP contribution >= 0.6 is 0 Å². The molecule has 0 saturated carbocycles. The zero-order chi connectivity index (χ0) is 33.6. The summed E-state index contributed by atoms with van der Waals surface area (Å²) in [6, 6.07) is 19.2. The molecule has 0 aromatic heterocycles. The van der Waals surface area contributed by atoms with Crippen LogP contribution in [0.25, 0.3) is 16.0 Å². The Labute approximate surface area is 287 Å². The normalized spacial score (nSPS) is 10.6. The quantitative estimate of drug-likeness (QED) is 0.150. The van der Waals surface area contributed by atoms with E-state index in [9.17, 15) is 0 Å². The molecule has 0 unspecified atom stereocenters. The van der Waals surface area contributed by atoms with E-state index in [0.717, 1.165) is 23.5 Å². The molecular weight excluding hydrogens is 618 g/mol. The van der Waals surface area contributed by atoms with Gasteiger partial charge >= 0.3 is 21.1 Å². The second-order valence-electron chi connectivity index (χ2n) is 14.4. The minimum Gasteiger partial charge on any atom is -0.694 e. The number of nitrogens with zero attached hydrogens (tertiary/aromatic N) is 3. The van der Waals surface area contributed by atoms with Crippen LogP contribution in [0.4, 0.5) is 17.1 Å². The van der Waals surface area contributed by atoms with Crippen LogP contribution in [0.15, 0.2) is 54.6 Å². The first kappa shape index (κ1) is 43.4. The van der Waals surface area contributed by atoms with Crippen LogP contribution in [-0.4, -0.2) is 16.6 Å². The van der Waals surface area contributed by atoms with Crippen LogP contribution in [0.2, 0.25) is 0 Å². The van der Waals surface area contributed by atoms with Crippen LogP contribution in [0.5, 0.6) is 0 Å². The predicted molar refractivity (Wildman–Crippen MR) is 193 cm³/mol. The maximum Gasteiger partial charge on any atom is 4.00 e. The number of hydrogen-bond donors (Lipinski definition) is 0. The summed E-state index contributed by atoms with van der Waals surface area (Å²) in [5.41, 5.74) is 11.0. The zero-order valence-corrected chi connectivity index (χ0v) is 32.7. The van der Waals surface area contributed by atoms with Gasteiger partial charge in [0, 0.05) is 0 Å². The molecule has 0 atom stereocenters. The summed E-state index contributed by atoms with van der Waals surface area (Å²) in [6.07, 6.45) is 6.94. The van der Waals surface area contributed by atoms with Crippen LogP contribution < -0.4 is 0 Å². The molecule has 0 aliphatic carbocycles. The van der Waals surface area contributed by atoms with Gasteiger partial charge < -0.3 is 28.3 Å². The third-order valence-electron chi connectivity index (χ3n) is 5.19. The van der Waals surface area contributed by atoms with Gasteiger partial charge in [-0.25, -0.2) is 0 Å². The van der Waals surface area contributed by atoms with Gasteiger partial charge in [0.2, 0.25) is 0 Å². The van der Waals surface area contributed by atoms with Gasteiger partial charge in [0.25, 0.3) is 0 Å². The van der Waals surface area contributed by atoms with Crippen LogP contribution in [-0.2, 0) is 21.1 Å². The van der Waals surface area contributed by atoms with Crippen molar-refractivity contribution in [2.45, 2.75) is 134 Å². The van der Waals surface area contributed by atoms with Gasteiger partial charge in [-0.3, -0.25) is 0 Å². The molecule has 0 bridgehead atoms. The monoisotopic (exact) mass is 679 g/mol. The molecule has 3 aromatic carbocycles. The molecule has 0 spiro atoms. The number of benzene rings is 3. The molecule has 0 N–H and O–H groups in total. The average Bonchev–Trinajstić information content (AvgIpc) is 2.74. The summed E-state index contributed by atoms with van der Waals surface area (Å²) >= 11 is 0. The zero-order valence-electron chi connectivity index (χ0n) is 30.7. The molecular formula is C40H59MoN3. The van der Waals surface area contributed by atoms with E-state index in [2.05, 4.69) is 180 Å². The van der Waals surface area contributed by atoms with Crippen molar-refractivity contribution >= 4 is 17.1 Å². The molecule has 0 aliphatic rings. The molecule has 0 fully saturated rings. The number of aryl methyl sites for hydroxylation is 6. The van der Waals surface area contributed by atoms with Gasteiger partial charge in [0.05, 0.1) is 0 Å². The van der Waals surface area contributed by atoms with Crippen molar-refractivity contribution in [3.8, 4) is 5.92 Å². The first-order valence-electron chi connectivity index (χ1n) is 15.3. The Bertz CT molecular complexity index is 1080. The summed E-state index contributed by atoms with van der Waals surface area (Å²) in [5.74, 6) is 2.18. The Morgan fingerprint density at radius 1 is 0.455 bits per heavy atom. The molecule has 3 rings (SSSR count). The van der Waals surface area contributed by atoms with E-state index in [1.807, 2.05) is 6.92 Å². The van der Waals surface area contributed by atoms with Gasteiger partial charge in [-0.1, -0.05) is 157 Å². The second kappa shape index (κ2) is 19.6. The number of hydrogen-bond acceptors (Lipinski definition) is 0. The van der Waals surface area contributed by atoms with Crippen molar-refractivity contribution in [3.63, 3.8) is 0 Å². The third-order valence-corrected chi connectivity index (χ3v) is 5.19. The van der Waals surface area contributed by atoms with E-state index >= 15 is 0 Å². The van der Waals surface area contributed by atoms with Crippen LogP contribution in [0.1, 0.15) is 109 Å². The molecule has 3 aromatic rings. The fourth-order valence-corrected chi connectivity index (χ4v) is 4.21. The molecule has 4 heteroatoms. The van der Waals surface area contributed by atoms with Gasteiger partial charge in [-0.15, -0.1) is 33.7 Å². The summed E-state index contributed by atoms with van der Waals surface area (Å²) in [7, 11) is 0. The Kier molecular flexibility index (Phi) is 19.4. The van der Waals surface area contributed by atoms with Crippen molar-refractivity contribution in [3.05, 3.63) is 110 Å². The van der Waals surface area contributed by atoms with Gasteiger partial charge in [0.1, 0.15) is 0 Å². The molecule has 240 valence electrons. The Morgan fingerprint density at radius 3 is 0.727 bits per heavy atom. The van der Waals surface area contributed by atoms with Gasteiger partial charge in [-0.2, -0.15) is 0 Å². The largest absolute Gasteiger partial charge is 4.00 e. The fraction of sp³-hybridized carbons (Fsp3) is 0.500. The summed E-state index contributed by atoms with van der Waals surface area (Å²) < 4.78 is 0. The molecule has 3 nitrogen and oxygen atoms in total. The Hall–Kier alpha value is -2.69. The van der Waals surface area contributed by atoms with E-state index in [1.54, 1.807) is 0 Å². The summed E-state index contributed by atoms with van der Waals surface area (Å²) in [5, 5.41) is 13.8. The maximum atomic E-state index is 6.20. The van der Waals surface area contributed by atoms with Crippen molar-refractivity contribution < 1.29 is 21.1 Å². The van der Waals surface area contributed by atoms with Crippen molar-refractivity contribution in [1.82, 2.24) is 0 Å². The van der Waals surface area contributed by atoms with E-state index in [4.69, 9.17) is 6.42 Å². The average molecular weight is 678 g/mol. The fourth-order valence-electron chi connectivity index (χ4n) is 4.21. The minimum absolute atomic E-state index is 0. The smallest absolute Gasteiger partial charge is 0.694 e. The van der Waals surface area contributed by atoms with E-state index in [1.165, 1.54) is 33.4 Å². The first-order chi connectivity index (χ1) is 19.5. The maximum absolute atomic E-state index is 6.20. The number of rotatable bonds is 3. The topological polar surface area (TPSA) is 42.3 Å². The van der Waals surface area contributed by atoms with Crippen LogP contribution in [0.3, 0.4) is 0 Å². The minimum atomic E-state index is 0. The molecule has 44 heavy (non-hydrogen) atoms. The van der Waals surface area contributed by atoms with E-state index < -0.39 is 0 Å². The molecule has 0 heterocycles. The van der Waals surface area contributed by atoms with Crippen molar-refractivity contribution in [2.75, 3.05) is 0 Å². The van der Waals surface area contributed by atoms with E-state index in [0.29, 0.717) is 0 Å². The molecule has 0 amide bonds. The molecule has 0 saturated heterocycles. The van der Waals surface area contributed by atoms with Crippen molar-refractivity contribution in [1.29, 1.82) is 0 Å². The molecule has 0 aliphatic heterocycles. The van der Waals surface area contributed by atoms with Gasteiger partial charge in [0.15, 0.2) is 0 Å². The standard InChI is InChI=1S/3C12H18N.C4H5.Mo/c3*1-9-6-10(2)8-11(7-9)13-12(3,4)5;1-3-4-2;/h3*6-8H,1-5H3;3H2,1H3;/q4*-1;+4.